The second-order valence-corrected chi connectivity index (χ2v) is 6.35. The molecule has 0 saturated heterocycles. The molecule has 0 unspecified atom stereocenters. The number of phenolic OH excluding ortho intramolecular Hbond substituents is 1. The molecule has 4 aromatic rings. The second-order valence-electron chi connectivity index (χ2n) is 6.35. The highest BCUT2D eigenvalue weighted by Crippen LogP contribution is 2.45. The molecule has 0 bridgehead atoms. The van der Waals surface area contributed by atoms with Crippen molar-refractivity contribution in [3.63, 3.8) is 0 Å². The van der Waals surface area contributed by atoms with Gasteiger partial charge in [-0.05, 0) is 51.1 Å². The van der Waals surface area contributed by atoms with Gasteiger partial charge in [-0.15, -0.1) is 0 Å². The summed E-state index contributed by atoms with van der Waals surface area (Å²) in [6.45, 7) is 0. The van der Waals surface area contributed by atoms with E-state index in [1.165, 1.54) is 22.3 Å². The first kappa shape index (κ1) is 13.4. The summed E-state index contributed by atoms with van der Waals surface area (Å²) in [7, 11) is 0. The van der Waals surface area contributed by atoms with Crippen LogP contribution in [0.15, 0.2) is 78.9 Å². The Morgan fingerprint density at radius 1 is 0.625 bits per heavy atom. The molecule has 24 heavy (non-hydrogen) atoms. The third-order valence-electron chi connectivity index (χ3n) is 5.03. The number of benzene rings is 4. The average Bonchev–Trinajstić information content (AvgIpc) is 3.01. The van der Waals surface area contributed by atoms with E-state index in [0.29, 0.717) is 5.75 Å². The summed E-state index contributed by atoms with van der Waals surface area (Å²) in [4.78, 5) is 0. The number of fused-ring (bicyclic) bond motifs is 4. The maximum atomic E-state index is 10.6. The lowest BCUT2D eigenvalue weighted by Gasteiger charge is -2.13. The topological polar surface area (TPSA) is 20.2 Å². The predicted molar refractivity (Wildman–Crippen MR) is 99.3 cm³/mol. The minimum absolute atomic E-state index is 0.345. The molecule has 0 amide bonds. The van der Waals surface area contributed by atoms with Gasteiger partial charge in [0, 0.05) is 5.56 Å². The van der Waals surface area contributed by atoms with Gasteiger partial charge in [0.15, 0.2) is 0 Å². The van der Waals surface area contributed by atoms with Crippen LogP contribution in [0.4, 0.5) is 0 Å². The zero-order valence-corrected chi connectivity index (χ0v) is 13.2. The molecule has 1 aliphatic rings. The third kappa shape index (κ3) is 1.82. The van der Waals surface area contributed by atoms with Crippen molar-refractivity contribution in [1.82, 2.24) is 0 Å². The molecule has 114 valence electrons. The van der Waals surface area contributed by atoms with Crippen molar-refractivity contribution in [3.8, 4) is 28.0 Å². The summed E-state index contributed by atoms with van der Waals surface area (Å²) >= 11 is 0. The van der Waals surface area contributed by atoms with Gasteiger partial charge in [0.1, 0.15) is 5.75 Å². The van der Waals surface area contributed by atoms with Gasteiger partial charge in [-0.1, -0.05) is 72.8 Å². The number of phenols is 1. The molecule has 5 rings (SSSR count). The maximum absolute atomic E-state index is 10.6. The van der Waals surface area contributed by atoms with Crippen molar-refractivity contribution in [3.05, 3.63) is 90.0 Å². The van der Waals surface area contributed by atoms with E-state index in [0.717, 1.165) is 28.3 Å². The Hall–Kier alpha value is -3.06. The van der Waals surface area contributed by atoms with Gasteiger partial charge in [0.25, 0.3) is 0 Å². The fourth-order valence-corrected chi connectivity index (χ4v) is 3.93. The lowest BCUT2D eigenvalue weighted by atomic mass is 9.91. The molecule has 0 saturated carbocycles. The number of hydrogen-bond donors (Lipinski definition) is 1. The van der Waals surface area contributed by atoms with Crippen LogP contribution in [-0.2, 0) is 6.42 Å². The molecule has 0 fully saturated rings. The van der Waals surface area contributed by atoms with Gasteiger partial charge in [0.05, 0.1) is 0 Å². The largest absolute Gasteiger partial charge is 0.507 e. The van der Waals surface area contributed by atoms with E-state index in [9.17, 15) is 5.11 Å². The van der Waals surface area contributed by atoms with Crippen LogP contribution in [-0.4, -0.2) is 5.11 Å². The monoisotopic (exact) mass is 308 g/mol. The highest BCUT2D eigenvalue weighted by molar-refractivity contribution is 6.02. The molecule has 0 spiro atoms. The van der Waals surface area contributed by atoms with Gasteiger partial charge in [0.2, 0.25) is 0 Å². The molecular formula is C23H16O. The summed E-state index contributed by atoms with van der Waals surface area (Å²) in [6, 6.07) is 27.0. The molecule has 0 aliphatic heterocycles. The van der Waals surface area contributed by atoms with E-state index in [-0.39, 0.29) is 0 Å². The minimum atomic E-state index is 0.345. The minimum Gasteiger partial charge on any atom is -0.507 e. The Morgan fingerprint density at radius 3 is 2.33 bits per heavy atom. The lowest BCUT2D eigenvalue weighted by molar-refractivity contribution is 0.478. The van der Waals surface area contributed by atoms with Crippen LogP contribution in [0.25, 0.3) is 33.0 Å². The first-order valence-electron chi connectivity index (χ1n) is 8.24. The second kappa shape index (κ2) is 4.97. The van der Waals surface area contributed by atoms with Gasteiger partial charge < -0.3 is 5.11 Å². The fraction of sp³-hybridized carbons (Fsp3) is 0.0435. The van der Waals surface area contributed by atoms with E-state index in [2.05, 4.69) is 54.6 Å². The number of hydrogen-bond acceptors (Lipinski definition) is 1. The highest BCUT2D eigenvalue weighted by atomic mass is 16.3. The standard InChI is InChI=1S/C23H16O/c24-22-13-12-15-6-1-4-9-18(15)23(22)20-11-5-10-19-17-8-3-2-7-16(17)14-21(19)20/h1-13,24H,14H2. The number of rotatable bonds is 1. The van der Waals surface area contributed by atoms with Crippen LogP contribution < -0.4 is 0 Å². The fourth-order valence-electron chi connectivity index (χ4n) is 3.93. The Morgan fingerprint density at radius 2 is 1.38 bits per heavy atom. The highest BCUT2D eigenvalue weighted by Gasteiger charge is 2.22. The Labute approximate surface area is 140 Å². The number of aromatic hydroxyl groups is 1. The molecule has 4 aromatic carbocycles. The van der Waals surface area contributed by atoms with E-state index in [4.69, 9.17) is 0 Å². The molecule has 0 aromatic heterocycles. The molecule has 0 heterocycles. The molecule has 1 N–H and O–H groups in total. The summed E-state index contributed by atoms with van der Waals surface area (Å²) < 4.78 is 0. The maximum Gasteiger partial charge on any atom is 0.124 e. The quantitative estimate of drug-likeness (QED) is 0.416. The molecule has 0 atom stereocenters. The van der Waals surface area contributed by atoms with E-state index < -0.39 is 0 Å². The van der Waals surface area contributed by atoms with Crippen molar-refractivity contribution in [1.29, 1.82) is 0 Å². The van der Waals surface area contributed by atoms with E-state index in [1.807, 2.05) is 18.2 Å². The first-order chi connectivity index (χ1) is 11.8. The zero-order valence-electron chi connectivity index (χ0n) is 13.2. The third-order valence-corrected chi connectivity index (χ3v) is 5.03. The molecule has 1 nitrogen and oxygen atoms in total. The van der Waals surface area contributed by atoms with Crippen molar-refractivity contribution in [2.45, 2.75) is 6.42 Å². The summed E-state index contributed by atoms with van der Waals surface area (Å²) in [5, 5.41) is 12.9. The zero-order chi connectivity index (χ0) is 16.1. The Kier molecular flexibility index (Phi) is 2.77. The molecule has 0 radical (unpaired) electrons. The van der Waals surface area contributed by atoms with E-state index >= 15 is 0 Å². The van der Waals surface area contributed by atoms with Crippen LogP contribution >= 0.6 is 0 Å². The lowest BCUT2D eigenvalue weighted by Crippen LogP contribution is -1.90. The first-order valence-corrected chi connectivity index (χ1v) is 8.24. The van der Waals surface area contributed by atoms with Crippen LogP contribution in [0.3, 0.4) is 0 Å². The van der Waals surface area contributed by atoms with Crippen LogP contribution in [0.5, 0.6) is 5.75 Å². The normalized spacial score (nSPS) is 12.2. The Balaban J connectivity index is 1.84. The van der Waals surface area contributed by atoms with Gasteiger partial charge in [-0.3, -0.25) is 0 Å². The summed E-state index contributed by atoms with van der Waals surface area (Å²) in [5.74, 6) is 0.345. The van der Waals surface area contributed by atoms with Crippen molar-refractivity contribution >= 4 is 10.8 Å². The molecule has 1 heteroatoms. The summed E-state index contributed by atoms with van der Waals surface area (Å²) in [5.41, 5.74) is 7.35. The predicted octanol–water partition coefficient (Wildman–Crippen LogP) is 5.78. The molecular weight excluding hydrogens is 292 g/mol. The van der Waals surface area contributed by atoms with Gasteiger partial charge in [-0.25, -0.2) is 0 Å². The van der Waals surface area contributed by atoms with Gasteiger partial charge >= 0.3 is 0 Å². The van der Waals surface area contributed by atoms with Crippen molar-refractivity contribution in [2.75, 3.05) is 0 Å². The SMILES string of the molecule is Oc1ccc2ccccc2c1-c1cccc2c1Cc1ccccc1-2. The van der Waals surface area contributed by atoms with Crippen molar-refractivity contribution in [2.24, 2.45) is 0 Å². The van der Waals surface area contributed by atoms with Crippen LogP contribution in [0, 0.1) is 0 Å². The Bertz CT molecular complexity index is 1090. The summed E-state index contributed by atoms with van der Waals surface area (Å²) in [6.07, 6.45) is 0.921. The van der Waals surface area contributed by atoms with E-state index in [1.54, 1.807) is 6.07 Å². The van der Waals surface area contributed by atoms with Gasteiger partial charge in [-0.2, -0.15) is 0 Å². The molecule has 1 aliphatic carbocycles. The smallest absolute Gasteiger partial charge is 0.124 e. The van der Waals surface area contributed by atoms with Crippen LogP contribution in [0.1, 0.15) is 11.1 Å². The average molecular weight is 308 g/mol. The van der Waals surface area contributed by atoms with Crippen LogP contribution in [0.2, 0.25) is 0 Å². The van der Waals surface area contributed by atoms with Crippen molar-refractivity contribution < 1.29 is 5.11 Å².